The lowest BCUT2D eigenvalue weighted by molar-refractivity contribution is 0.0458. The van der Waals surface area contributed by atoms with Crippen molar-refractivity contribution in [1.29, 1.82) is 0 Å². The molecule has 0 saturated carbocycles. The van der Waals surface area contributed by atoms with Gasteiger partial charge >= 0.3 is 5.97 Å². The highest BCUT2D eigenvalue weighted by atomic mass is 16.5. The zero-order valence-corrected chi connectivity index (χ0v) is 13.5. The van der Waals surface area contributed by atoms with Gasteiger partial charge in [0.15, 0.2) is 0 Å². The third kappa shape index (κ3) is 2.98. The van der Waals surface area contributed by atoms with Gasteiger partial charge in [0.05, 0.1) is 5.52 Å². The molecule has 2 aromatic carbocycles. The molecule has 128 valence electrons. The Morgan fingerprint density at radius 1 is 1.08 bits per heavy atom. The van der Waals surface area contributed by atoms with E-state index in [2.05, 4.69) is 15.2 Å². The Labute approximate surface area is 147 Å². The van der Waals surface area contributed by atoms with Crippen molar-refractivity contribution in [3.63, 3.8) is 0 Å². The largest absolute Gasteiger partial charge is 0.454 e. The number of aromatic nitrogens is 3. The number of H-pyrrole nitrogens is 1. The first-order valence-electron chi connectivity index (χ1n) is 7.87. The molecule has 0 radical (unpaired) electrons. The van der Waals surface area contributed by atoms with Gasteiger partial charge in [0.2, 0.25) is 17.0 Å². The Balaban J connectivity index is 1.50. The number of fused-ring (bicyclic) bond motifs is 1. The molecule has 2 aromatic heterocycles. The Hall–Kier alpha value is -3.74. The molecule has 1 N–H and O–H groups in total. The van der Waals surface area contributed by atoms with Crippen LogP contribution >= 0.6 is 0 Å². The average Bonchev–Trinajstić information content (AvgIpc) is 3.16. The highest BCUT2D eigenvalue weighted by Crippen LogP contribution is 2.18. The predicted molar refractivity (Wildman–Crippen MR) is 93.4 cm³/mol. The summed E-state index contributed by atoms with van der Waals surface area (Å²) in [6.07, 6.45) is 1.41. The SMILES string of the molecule is O=C(OCc1coc(-c2ccccc2)n1)c1n[nH]c2ccccc2c1=O. The van der Waals surface area contributed by atoms with Gasteiger partial charge in [0.25, 0.3) is 0 Å². The number of rotatable bonds is 4. The summed E-state index contributed by atoms with van der Waals surface area (Å²) in [6.45, 7) is -0.122. The van der Waals surface area contributed by atoms with Gasteiger partial charge in [-0.2, -0.15) is 5.10 Å². The van der Waals surface area contributed by atoms with Gasteiger partial charge in [-0.3, -0.25) is 9.89 Å². The summed E-state index contributed by atoms with van der Waals surface area (Å²) in [6, 6.07) is 16.2. The number of para-hydroxylation sites is 1. The molecule has 0 bridgehead atoms. The summed E-state index contributed by atoms with van der Waals surface area (Å²) in [7, 11) is 0. The number of nitrogens with zero attached hydrogens (tertiary/aromatic N) is 2. The van der Waals surface area contributed by atoms with E-state index >= 15 is 0 Å². The molecule has 0 spiro atoms. The molecule has 0 aliphatic carbocycles. The van der Waals surface area contributed by atoms with Crippen molar-refractivity contribution < 1.29 is 13.9 Å². The van der Waals surface area contributed by atoms with E-state index in [1.165, 1.54) is 6.26 Å². The molecular weight excluding hydrogens is 334 g/mol. The van der Waals surface area contributed by atoms with Crippen molar-refractivity contribution in [2.75, 3.05) is 0 Å². The lowest BCUT2D eigenvalue weighted by atomic mass is 10.2. The Morgan fingerprint density at radius 3 is 2.69 bits per heavy atom. The molecule has 0 fully saturated rings. The Morgan fingerprint density at radius 2 is 1.85 bits per heavy atom. The van der Waals surface area contributed by atoms with Crippen molar-refractivity contribution in [1.82, 2.24) is 15.2 Å². The summed E-state index contributed by atoms with van der Waals surface area (Å²) in [4.78, 5) is 28.8. The summed E-state index contributed by atoms with van der Waals surface area (Å²) in [5.74, 6) is -0.389. The first kappa shape index (κ1) is 15.8. The second-order valence-electron chi connectivity index (χ2n) is 5.53. The van der Waals surface area contributed by atoms with Crippen molar-refractivity contribution in [2.45, 2.75) is 6.61 Å². The maximum atomic E-state index is 12.4. The van der Waals surface area contributed by atoms with Gasteiger partial charge in [-0.1, -0.05) is 30.3 Å². The maximum Gasteiger partial charge on any atom is 0.363 e. The molecule has 0 aliphatic rings. The van der Waals surface area contributed by atoms with Gasteiger partial charge in [-0.25, -0.2) is 9.78 Å². The molecule has 0 unspecified atom stereocenters. The standard InChI is InChI=1S/C19H13N3O4/c23-17-14-8-4-5-9-15(14)21-22-16(17)19(24)26-11-13-10-25-18(20-13)12-6-2-1-3-7-12/h1-10H,11H2,(H,21,23). The lowest BCUT2D eigenvalue weighted by Gasteiger charge is -2.02. The number of benzene rings is 2. The van der Waals surface area contributed by atoms with Crippen molar-refractivity contribution in [3.8, 4) is 11.5 Å². The molecule has 4 rings (SSSR count). The second-order valence-corrected chi connectivity index (χ2v) is 5.53. The van der Waals surface area contributed by atoms with Gasteiger partial charge < -0.3 is 9.15 Å². The van der Waals surface area contributed by atoms with Gasteiger partial charge in [-0.15, -0.1) is 0 Å². The predicted octanol–water partition coefficient (Wildman–Crippen LogP) is 2.94. The molecule has 7 nitrogen and oxygen atoms in total. The molecule has 26 heavy (non-hydrogen) atoms. The third-order valence-corrected chi connectivity index (χ3v) is 3.79. The fraction of sp³-hybridized carbons (Fsp3) is 0.0526. The third-order valence-electron chi connectivity index (χ3n) is 3.79. The highest BCUT2D eigenvalue weighted by molar-refractivity contribution is 5.91. The van der Waals surface area contributed by atoms with E-state index < -0.39 is 11.4 Å². The number of nitrogens with one attached hydrogen (secondary N) is 1. The second kappa shape index (κ2) is 6.64. The number of hydrogen-bond donors (Lipinski definition) is 1. The van der Waals surface area contributed by atoms with Crippen LogP contribution in [0.2, 0.25) is 0 Å². The quantitative estimate of drug-likeness (QED) is 0.570. The zero-order valence-electron chi connectivity index (χ0n) is 13.5. The number of oxazole rings is 1. The van der Waals surface area contributed by atoms with Crippen LogP contribution in [0.4, 0.5) is 0 Å². The molecule has 0 aliphatic heterocycles. The van der Waals surface area contributed by atoms with Crippen LogP contribution in [0.15, 0.2) is 70.1 Å². The summed E-state index contributed by atoms with van der Waals surface area (Å²) >= 11 is 0. The summed E-state index contributed by atoms with van der Waals surface area (Å²) in [5, 5.41) is 6.87. The maximum absolute atomic E-state index is 12.4. The normalized spacial score (nSPS) is 10.8. The number of ether oxygens (including phenoxy) is 1. The fourth-order valence-electron chi connectivity index (χ4n) is 2.51. The number of carbonyl (C=O) groups is 1. The molecular formula is C19H13N3O4. The number of esters is 1. The highest BCUT2D eigenvalue weighted by Gasteiger charge is 2.17. The van der Waals surface area contributed by atoms with E-state index in [4.69, 9.17) is 9.15 Å². The first-order chi connectivity index (χ1) is 12.7. The van der Waals surface area contributed by atoms with Crippen LogP contribution in [0.3, 0.4) is 0 Å². The van der Waals surface area contributed by atoms with E-state index in [0.717, 1.165) is 5.56 Å². The zero-order chi connectivity index (χ0) is 17.9. The van der Waals surface area contributed by atoms with Crippen LogP contribution in [-0.2, 0) is 11.3 Å². The molecule has 7 heteroatoms. The molecule has 4 aromatic rings. The smallest absolute Gasteiger partial charge is 0.363 e. The van der Waals surface area contributed by atoms with E-state index in [-0.39, 0.29) is 12.3 Å². The average molecular weight is 347 g/mol. The van der Waals surface area contributed by atoms with Crippen molar-refractivity contribution in [3.05, 3.63) is 82.5 Å². The number of carbonyl (C=O) groups excluding carboxylic acids is 1. The van der Waals surface area contributed by atoms with E-state index in [9.17, 15) is 9.59 Å². The van der Waals surface area contributed by atoms with Gasteiger partial charge in [-0.05, 0) is 24.3 Å². The van der Waals surface area contributed by atoms with Crippen LogP contribution < -0.4 is 5.43 Å². The van der Waals surface area contributed by atoms with Crippen molar-refractivity contribution in [2.24, 2.45) is 0 Å². The molecule has 0 atom stereocenters. The van der Waals surface area contributed by atoms with Crippen LogP contribution in [0, 0.1) is 0 Å². The fourth-order valence-corrected chi connectivity index (χ4v) is 2.51. The Kier molecular flexibility index (Phi) is 4.03. The van der Waals surface area contributed by atoms with Crippen LogP contribution in [0.25, 0.3) is 22.4 Å². The molecule has 0 amide bonds. The van der Waals surface area contributed by atoms with Crippen LogP contribution in [-0.4, -0.2) is 21.2 Å². The monoisotopic (exact) mass is 347 g/mol. The Bertz CT molecular complexity index is 1130. The lowest BCUT2D eigenvalue weighted by Crippen LogP contribution is -2.20. The first-order valence-corrected chi connectivity index (χ1v) is 7.87. The minimum atomic E-state index is -0.818. The molecule has 2 heterocycles. The number of hydrogen-bond acceptors (Lipinski definition) is 6. The topological polar surface area (TPSA) is 98.1 Å². The van der Waals surface area contributed by atoms with E-state index in [0.29, 0.717) is 22.5 Å². The van der Waals surface area contributed by atoms with Gasteiger partial charge in [0, 0.05) is 10.9 Å². The summed E-state index contributed by atoms with van der Waals surface area (Å²) < 4.78 is 10.5. The minimum Gasteiger partial charge on any atom is -0.454 e. The number of aromatic amines is 1. The van der Waals surface area contributed by atoms with Crippen molar-refractivity contribution >= 4 is 16.9 Å². The van der Waals surface area contributed by atoms with E-state index in [1.54, 1.807) is 24.3 Å². The summed E-state index contributed by atoms with van der Waals surface area (Å²) in [5.41, 5.74) is 1.04. The minimum absolute atomic E-state index is 0.122. The van der Waals surface area contributed by atoms with Crippen LogP contribution in [0.1, 0.15) is 16.2 Å². The van der Waals surface area contributed by atoms with Gasteiger partial charge in [0.1, 0.15) is 18.6 Å². The molecule has 0 saturated heterocycles. The van der Waals surface area contributed by atoms with Crippen LogP contribution in [0.5, 0.6) is 0 Å². The van der Waals surface area contributed by atoms with E-state index in [1.807, 2.05) is 30.3 Å².